The molecule has 2 fully saturated rings. The molecule has 3 rings (SSSR count). The van der Waals surface area contributed by atoms with Gasteiger partial charge in [-0.15, -0.1) is 0 Å². The predicted octanol–water partition coefficient (Wildman–Crippen LogP) is 0.217. The van der Waals surface area contributed by atoms with Crippen LogP contribution in [0.25, 0.3) is 0 Å². The molecule has 8 nitrogen and oxygen atoms in total. The van der Waals surface area contributed by atoms with Gasteiger partial charge in [0.1, 0.15) is 5.75 Å². The predicted molar refractivity (Wildman–Crippen MR) is 101 cm³/mol. The van der Waals surface area contributed by atoms with Crippen molar-refractivity contribution in [1.29, 1.82) is 0 Å². The summed E-state index contributed by atoms with van der Waals surface area (Å²) < 4.78 is 29.3. The van der Waals surface area contributed by atoms with Gasteiger partial charge >= 0.3 is 0 Å². The Kier molecular flexibility index (Phi) is 5.75. The summed E-state index contributed by atoms with van der Waals surface area (Å²) in [5.74, 6) is -0.986. The van der Waals surface area contributed by atoms with Crippen molar-refractivity contribution >= 4 is 44.3 Å². The zero-order valence-corrected chi connectivity index (χ0v) is 16.3. The summed E-state index contributed by atoms with van der Waals surface area (Å²) >= 11 is 1.27. The Hall–Kier alpha value is -2.07. The minimum atomic E-state index is -3.14. The van der Waals surface area contributed by atoms with Crippen LogP contribution in [0.1, 0.15) is 19.3 Å². The molecule has 1 aromatic rings. The van der Waals surface area contributed by atoms with Crippen LogP contribution in [0.5, 0.6) is 5.75 Å². The summed E-state index contributed by atoms with van der Waals surface area (Å²) in [5.41, 5.74) is 0.702. The van der Waals surface area contributed by atoms with E-state index in [1.54, 1.807) is 23.1 Å². The van der Waals surface area contributed by atoms with Crippen LogP contribution in [-0.4, -0.2) is 55.4 Å². The van der Waals surface area contributed by atoms with Gasteiger partial charge in [-0.2, -0.15) is 4.99 Å². The third kappa shape index (κ3) is 4.62. The lowest BCUT2D eigenvalue weighted by atomic mass is 10.2. The maximum atomic E-state index is 12.1. The third-order valence-electron chi connectivity index (χ3n) is 4.39. The van der Waals surface area contributed by atoms with Gasteiger partial charge in [0.05, 0.1) is 24.7 Å². The maximum absolute atomic E-state index is 12.1. The van der Waals surface area contributed by atoms with E-state index in [9.17, 15) is 23.1 Å². The molecule has 2 heterocycles. The molecule has 10 heteroatoms. The molecule has 0 unspecified atom stereocenters. The van der Waals surface area contributed by atoms with Crippen molar-refractivity contribution in [1.82, 2.24) is 0 Å². The fourth-order valence-corrected chi connectivity index (χ4v) is 7.10. The molecule has 27 heavy (non-hydrogen) atoms. The normalized spacial score (nSPS) is 24.8. The number of rotatable bonds is 6. The van der Waals surface area contributed by atoms with Gasteiger partial charge in [0.2, 0.25) is 5.91 Å². The first kappa shape index (κ1) is 19.7. The minimum Gasteiger partial charge on any atom is -0.550 e. The Morgan fingerprint density at radius 1 is 1.33 bits per heavy atom. The average molecular weight is 411 g/mol. The number of carboxylic acid groups (broad SMARTS) is 1. The molecule has 146 valence electrons. The highest BCUT2D eigenvalue weighted by Gasteiger charge is 2.49. The summed E-state index contributed by atoms with van der Waals surface area (Å²) in [5, 5.41) is 10.7. The van der Waals surface area contributed by atoms with E-state index in [2.05, 4.69) is 4.99 Å². The third-order valence-corrected chi connectivity index (χ3v) is 7.60. The number of amides is 1. The smallest absolute Gasteiger partial charge is 0.248 e. The lowest BCUT2D eigenvalue weighted by Gasteiger charge is -2.24. The van der Waals surface area contributed by atoms with Crippen LogP contribution < -0.4 is 14.7 Å². The number of nitrogens with zero attached hydrogens (tertiary/aromatic N) is 2. The fourth-order valence-electron chi connectivity index (χ4n) is 3.17. The second kappa shape index (κ2) is 7.89. The number of amidine groups is 1. The van der Waals surface area contributed by atoms with Crippen LogP contribution in [0.15, 0.2) is 29.3 Å². The molecule has 0 aliphatic carbocycles. The van der Waals surface area contributed by atoms with Crippen LogP contribution in [0.4, 0.5) is 5.69 Å². The first-order valence-corrected chi connectivity index (χ1v) is 11.1. The van der Waals surface area contributed by atoms with E-state index in [-0.39, 0.29) is 42.1 Å². The summed E-state index contributed by atoms with van der Waals surface area (Å²) in [6.07, 6.45) is -0.0482. The highest BCUT2D eigenvalue weighted by Crippen LogP contribution is 2.41. The van der Waals surface area contributed by atoms with Crippen molar-refractivity contribution in [3.63, 3.8) is 0 Å². The monoisotopic (exact) mass is 411 g/mol. The van der Waals surface area contributed by atoms with Gasteiger partial charge in [-0.05, 0) is 25.0 Å². The van der Waals surface area contributed by atoms with Crippen LogP contribution in [0.2, 0.25) is 0 Å². The molecule has 1 amide bonds. The lowest BCUT2D eigenvalue weighted by Crippen LogP contribution is -2.37. The van der Waals surface area contributed by atoms with Crippen LogP contribution >= 0.6 is 11.8 Å². The minimum absolute atomic E-state index is 0.000228. The molecule has 0 bridgehead atoms. The quantitative estimate of drug-likeness (QED) is 0.653. The molecule has 0 spiro atoms. The highest BCUT2D eigenvalue weighted by molar-refractivity contribution is 8.16. The molecule has 2 atom stereocenters. The van der Waals surface area contributed by atoms with Gasteiger partial charge in [-0.1, -0.05) is 17.8 Å². The standard InChI is InChI=1S/C17H20N2O6S2/c1-25-12-5-2-4-11(8-12)19-13-9-27(23,24)10-14(13)26-17(19)18-15(20)6-3-7-16(21)22/h2,4-5,8,13-14H,3,6-7,9-10H2,1H3,(H,21,22)/p-1/t13-,14-/m1/s1. The molecule has 0 radical (unpaired) electrons. The molecule has 1 aromatic carbocycles. The number of carboxylic acids is 1. The topological polar surface area (TPSA) is 116 Å². The van der Waals surface area contributed by atoms with E-state index in [4.69, 9.17) is 4.74 Å². The summed E-state index contributed by atoms with van der Waals surface area (Å²) in [6.45, 7) is 0. The first-order valence-electron chi connectivity index (χ1n) is 8.41. The number of thioether (sulfide) groups is 1. The number of hydrogen-bond acceptors (Lipinski definition) is 7. The number of aliphatic imine (C=N–C) groups is 1. The van der Waals surface area contributed by atoms with E-state index in [0.717, 1.165) is 0 Å². The zero-order valence-electron chi connectivity index (χ0n) is 14.7. The molecule has 0 aromatic heterocycles. The average Bonchev–Trinajstić information content (AvgIpc) is 3.05. The Morgan fingerprint density at radius 3 is 2.81 bits per heavy atom. The van der Waals surface area contributed by atoms with E-state index in [0.29, 0.717) is 16.6 Å². The van der Waals surface area contributed by atoms with Crippen LogP contribution in [0, 0.1) is 0 Å². The van der Waals surface area contributed by atoms with Crippen molar-refractivity contribution in [3.8, 4) is 5.75 Å². The Labute approximate surface area is 161 Å². The van der Waals surface area contributed by atoms with Crippen LogP contribution in [0.3, 0.4) is 0 Å². The maximum Gasteiger partial charge on any atom is 0.248 e. The van der Waals surface area contributed by atoms with Gasteiger partial charge in [0, 0.05) is 29.4 Å². The van der Waals surface area contributed by atoms with Crippen molar-refractivity contribution in [2.24, 2.45) is 4.99 Å². The summed E-state index contributed by atoms with van der Waals surface area (Å²) in [6, 6.07) is 6.84. The number of benzene rings is 1. The Morgan fingerprint density at radius 2 is 2.11 bits per heavy atom. The van der Waals surface area contributed by atoms with Crippen molar-refractivity contribution in [3.05, 3.63) is 24.3 Å². The largest absolute Gasteiger partial charge is 0.550 e. The summed E-state index contributed by atoms with van der Waals surface area (Å²) in [7, 11) is -1.61. The Balaban J connectivity index is 1.87. The Bertz CT molecular complexity index is 883. The van der Waals surface area contributed by atoms with E-state index in [1.807, 2.05) is 6.07 Å². The van der Waals surface area contributed by atoms with E-state index < -0.39 is 21.7 Å². The van der Waals surface area contributed by atoms with Gasteiger partial charge in [0.15, 0.2) is 15.0 Å². The molecule has 0 N–H and O–H groups in total. The van der Waals surface area contributed by atoms with E-state index in [1.165, 1.54) is 18.9 Å². The zero-order chi connectivity index (χ0) is 19.6. The highest BCUT2D eigenvalue weighted by atomic mass is 32.2. The number of hydrogen-bond donors (Lipinski definition) is 0. The molecule has 2 aliphatic heterocycles. The van der Waals surface area contributed by atoms with Crippen molar-refractivity contribution in [2.45, 2.75) is 30.6 Å². The summed E-state index contributed by atoms with van der Waals surface area (Å²) in [4.78, 5) is 28.5. The van der Waals surface area contributed by atoms with Crippen LogP contribution in [-0.2, 0) is 19.4 Å². The van der Waals surface area contributed by atoms with Gasteiger partial charge in [-0.3, -0.25) is 4.79 Å². The number of sulfone groups is 1. The van der Waals surface area contributed by atoms with Gasteiger partial charge in [0.25, 0.3) is 0 Å². The second-order valence-corrected chi connectivity index (χ2v) is 9.75. The molecular formula is C17H19N2O6S2-. The number of anilines is 1. The fraction of sp³-hybridized carbons (Fsp3) is 0.471. The number of ether oxygens (including phenoxy) is 1. The van der Waals surface area contributed by atoms with Crippen molar-refractivity contribution in [2.75, 3.05) is 23.5 Å². The number of carbonyl (C=O) groups is 2. The molecule has 0 saturated carbocycles. The van der Waals surface area contributed by atoms with Gasteiger partial charge < -0.3 is 19.5 Å². The second-order valence-electron chi connectivity index (χ2n) is 6.39. The van der Waals surface area contributed by atoms with Gasteiger partial charge in [-0.25, -0.2) is 8.42 Å². The molecular weight excluding hydrogens is 392 g/mol. The molecule has 2 aliphatic rings. The molecule has 2 saturated heterocycles. The lowest BCUT2D eigenvalue weighted by molar-refractivity contribution is -0.305. The van der Waals surface area contributed by atoms with Crippen molar-refractivity contribution < 1.29 is 27.9 Å². The SMILES string of the molecule is COc1cccc(N2C(=NC(=O)CCCC(=O)[O-])S[C@@H]3CS(=O)(=O)C[C@H]32)c1. The number of fused-ring (bicyclic) bond motifs is 1. The number of carbonyl (C=O) groups excluding carboxylic acids is 2. The number of aliphatic carboxylic acids is 1. The number of methoxy groups -OCH3 is 1. The first-order chi connectivity index (χ1) is 12.8. The van der Waals surface area contributed by atoms with E-state index >= 15 is 0 Å².